The minimum Gasteiger partial charge on any atom is -0.396 e. The van der Waals surface area contributed by atoms with Crippen LogP contribution in [-0.4, -0.2) is 41.1 Å². The van der Waals surface area contributed by atoms with Crippen LogP contribution in [0.1, 0.15) is 13.3 Å². The summed E-state index contributed by atoms with van der Waals surface area (Å²) in [5.74, 6) is 1.25. The molecule has 0 fully saturated rings. The zero-order valence-corrected chi connectivity index (χ0v) is 7.29. The van der Waals surface area contributed by atoms with Gasteiger partial charge in [0.25, 0.3) is 0 Å². The molecule has 0 amide bonds. The molecule has 0 aliphatic rings. The van der Waals surface area contributed by atoms with Gasteiger partial charge < -0.3 is 15.3 Å². The summed E-state index contributed by atoms with van der Waals surface area (Å²) < 4.78 is 0. The van der Waals surface area contributed by atoms with Crippen LogP contribution in [0.3, 0.4) is 0 Å². The van der Waals surface area contributed by atoms with E-state index in [1.54, 1.807) is 0 Å². The fourth-order valence-corrected chi connectivity index (χ4v) is 0.485. The first kappa shape index (κ1) is 13.9. The second-order valence-electron chi connectivity index (χ2n) is 2.47. The lowest BCUT2D eigenvalue weighted by Crippen LogP contribution is -2.32. The summed E-state index contributed by atoms with van der Waals surface area (Å²) in [7, 11) is 0. The first-order valence-electron chi connectivity index (χ1n) is 3.63. The Morgan fingerprint density at radius 2 is 1.50 bits per heavy atom. The molecule has 12 heavy (non-hydrogen) atoms. The Hall–Kier alpha value is -0.670. The van der Waals surface area contributed by atoms with E-state index in [9.17, 15) is 0 Å². The molecule has 0 saturated carbocycles. The average molecular weight is 176 g/mol. The zero-order chi connectivity index (χ0) is 10.0. The van der Waals surface area contributed by atoms with Gasteiger partial charge in [0.1, 0.15) is 5.94 Å². The topological polar surface area (TPSA) is 77.8 Å². The molecule has 0 aliphatic carbocycles. The van der Waals surface area contributed by atoms with Crippen molar-refractivity contribution in [2.24, 2.45) is 5.41 Å². The number of carbonyl (C=O) groups excluding carboxylic acids is 1. The third kappa shape index (κ3) is 5.04. The fraction of sp³-hybridized carbons (Fsp3) is 0.750. The van der Waals surface area contributed by atoms with Crippen molar-refractivity contribution in [1.29, 1.82) is 0 Å². The molecule has 0 spiro atoms. The molecule has 0 radical (unpaired) electrons. The minimum absolute atomic E-state index is 0.156. The minimum atomic E-state index is -0.667. The molecule has 72 valence electrons. The van der Waals surface area contributed by atoms with Crippen molar-refractivity contribution in [1.82, 2.24) is 0 Å². The summed E-state index contributed by atoms with van der Waals surface area (Å²) in [6.07, 6.45) is 0.594. The molecule has 0 rings (SSSR count). The summed E-state index contributed by atoms with van der Waals surface area (Å²) in [6.45, 7) is 4.03. The fourth-order valence-electron chi connectivity index (χ4n) is 0.485. The van der Waals surface area contributed by atoms with Gasteiger partial charge in [0, 0.05) is 5.41 Å². The standard InChI is InChI=1S/C6H14O3.C2H2O/c1-2-6(3-7,4-8)5-9;1-2-3/h7-9H,2-5H2,1H3;1H2. The number of aliphatic hydroxyl groups is 3. The van der Waals surface area contributed by atoms with Crippen LogP contribution >= 0.6 is 0 Å². The molecule has 0 atom stereocenters. The Bertz CT molecular complexity index is 106. The quantitative estimate of drug-likeness (QED) is 0.498. The Labute approximate surface area is 72.2 Å². The summed E-state index contributed by atoms with van der Waals surface area (Å²) in [6, 6.07) is 0. The van der Waals surface area contributed by atoms with Gasteiger partial charge in [0.05, 0.1) is 19.8 Å². The van der Waals surface area contributed by atoms with Crippen LogP contribution in [0.5, 0.6) is 0 Å². The van der Waals surface area contributed by atoms with Gasteiger partial charge in [0.15, 0.2) is 0 Å². The van der Waals surface area contributed by atoms with E-state index >= 15 is 0 Å². The molecular weight excluding hydrogens is 160 g/mol. The van der Waals surface area contributed by atoms with Crippen molar-refractivity contribution in [2.75, 3.05) is 19.8 Å². The van der Waals surface area contributed by atoms with Gasteiger partial charge in [-0.05, 0) is 13.0 Å². The molecule has 4 nitrogen and oxygen atoms in total. The Kier molecular flexibility index (Phi) is 9.75. The molecule has 0 aromatic rings. The normalized spacial score (nSPS) is 9.67. The molecule has 4 heteroatoms. The number of rotatable bonds is 4. The number of hydrogen-bond acceptors (Lipinski definition) is 4. The zero-order valence-electron chi connectivity index (χ0n) is 7.29. The van der Waals surface area contributed by atoms with E-state index in [0.717, 1.165) is 0 Å². The second-order valence-corrected chi connectivity index (χ2v) is 2.47. The van der Waals surface area contributed by atoms with E-state index < -0.39 is 5.41 Å². The van der Waals surface area contributed by atoms with Crippen LogP contribution in [0.4, 0.5) is 0 Å². The molecule has 0 bridgehead atoms. The van der Waals surface area contributed by atoms with Crippen LogP contribution in [0.2, 0.25) is 0 Å². The number of aliphatic hydroxyl groups excluding tert-OH is 3. The van der Waals surface area contributed by atoms with E-state index in [0.29, 0.717) is 6.42 Å². The first-order valence-corrected chi connectivity index (χ1v) is 3.63. The van der Waals surface area contributed by atoms with Crippen molar-refractivity contribution < 1.29 is 20.1 Å². The van der Waals surface area contributed by atoms with Crippen LogP contribution in [-0.2, 0) is 4.79 Å². The SMILES string of the molecule is C=C=O.CCC(CO)(CO)CO. The van der Waals surface area contributed by atoms with Crippen LogP contribution < -0.4 is 0 Å². The van der Waals surface area contributed by atoms with Gasteiger partial charge in [-0.25, -0.2) is 4.79 Å². The van der Waals surface area contributed by atoms with E-state index in [4.69, 9.17) is 20.1 Å². The van der Waals surface area contributed by atoms with Gasteiger partial charge in [-0.15, -0.1) is 0 Å². The summed E-state index contributed by atoms with van der Waals surface area (Å²) in [5, 5.41) is 26.0. The third-order valence-corrected chi connectivity index (χ3v) is 1.76. The van der Waals surface area contributed by atoms with Crippen molar-refractivity contribution >= 4 is 5.94 Å². The van der Waals surface area contributed by atoms with E-state index in [2.05, 4.69) is 6.58 Å². The van der Waals surface area contributed by atoms with Crippen molar-refractivity contribution in [3.8, 4) is 0 Å². The highest BCUT2D eigenvalue weighted by Crippen LogP contribution is 2.18. The second kappa shape index (κ2) is 8.43. The Morgan fingerprint density at radius 3 is 1.50 bits per heavy atom. The molecule has 0 saturated heterocycles. The molecule has 0 heterocycles. The number of hydrogen-bond donors (Lipinski definition) is 3. The van der Waals surface area contributed by atoms with Crippen molar-refractivity contribution in [3.05, 3.63) is 6.58 Å². The van der Waals surface area contributed by atoms with E-state index in [-0.39, 0.29) is 19.8 Å². The van der Waals surface area contributed by atoms with Gasteiger partial charge in [-0.1, -0.05) is 6.92 Å². The summed E-state index contributed by atoms with van der Waals surface area (Å²) >= 11 is 0. The molecular formula is C8H16O4. The van der Waals surface area contributed by atoms with Crippen LogP contribution in [0, 0.1) is 5.41 Å². The van der Waals surface area contributed by atoms with Crippen molar-refractivity contribution in [3.63, 3.8) is 0 Å². The van der Waals surface area contributed by atoms with Gasteiger partial charge in [-0.3, -0.25) is 0 Å². The lowest BCUT2D eigenvalue weighted by atomic mass is 9.88. The third-order valence-electron chi connectivity index (χ3n) is 1.76. The summed E-state index contributed by atoms with van der Waals surface area (Å²) in [4.78, 5) is 8.57. The van der Waals surface area contributed by atoms with Crippen LogP contribution in [0.15, 0.2) is 6.58 Å². The molecule has 0 aromatic carbocycles. The van der Waals surface area contributed by atoms with Gasteiger partial charge >= 0.3 is 0 Å². The highest BCUT2D eigenvalue weighted by molar-refractivity contribution is 5.38. The predicted octanol–water partition coefficient (Wildman–Crippen LogP) is -0.636. The largest absolute Gasteiger partial charge is 0.396 e. The van der Waals surface area contributed by atoms with Gasteiger partial charge in [-0.2, -0.15) is 0 Å². The highest BCUT2D eigenvalue weighted by atomic mass is 16.3. The lowest BCUT2D eigenvalue weighted by Gasteiger charge is -2.24. The maximum atomic E-state index is 8.66. The predicted molar refractivity (Wildman–Crippen MR) is 45.3 cm³/mol. The van der Waals surface area contributed by atoms with Crippen LogP contribution in [0.25, 0.3) is 0 Å². The van der Waals surface area contributed by atoms with Crippen molar-refractivity contribution in [2.45, 2.75) is 13.3 Å². The van der Waals surface area contributed by atoms with Gasteiger partial charge in [0.2, 0.25) is 0 Å². The smallest absolute Gasteiger partial charge is 0.116 e. The maximum Gasteiger partial charge on any atom is 0.116 e. The first-order chi connectivity index (χ1) is 5.66. The lowest BCUT2D eigenvalue weighted by molar-refractivity contribution is 0.00304. The Morgan fingerprint density at radius 1 is 1.25 bits per heavy atom. The average Bonchev–Trinajstić information content (AvgIpc) is 2.11. The highest BCUT2D eigenvalue weighted by Gasteiger charge is 2.24. The maximum absolute atomic E-state index is 8.66. The molecule has 0 aromatic heterocycles. The molecule has 3 N–H and O–H groups in total. The van der Waals surface area contributed by atoms with E-state index in [1.165, 1.54) is 5.94 Å². The van der Waals surface area contributed by atoms with E-state index in [1.807, 2.05) is 6.92 Å². The molecule has 0 unspecified atom stereocenters. The molecule has 0 aliphatic heterocycles. The summed E-state index contributed by atoms with van der Waals surface area (Å²) in [5.41, 5.74) is -0.667. The Balaban J connectivity index is 0. The monoisotopic (exact) mass is 176 g/mol.